The van der Waals surface area contributed by atoms with E-state index in [0.717, 1.165) is 26.1 Å². The first-order valence-electron chi connectivity index (χ1n) is 5.98. The Morgan fingerprint density at radius 3 is 2.89 bits per heavy atom. The normalized spacial score (nSPS) is 16.3. The van der Waals surface area contributed by atoms with Gasteiger partial charge in [-0.05, 0) is 30.9 Å². The Kier molecular flexibility index (Phi) is 4.78. The summed E-state index contributed by atoms with van der Waals surface area (Å²) in [4.78, 5) is 15.6. The lowest BCUT2D eigenvalue weighted by atomic mass is 10.0. The molecule has 98 valence electrons. The molecule has 18 heavy (non-hydrogen) atoms. The molecule has 0 aliphatic carbocycles. The van der Waals surface area contributed by atoms with Gasteiger partial charge in [0.15, 0.2) is 0 Å². The smallest absolute Gasteiger partial charge is 0.320 e. The summed E-state index contributed by atoms with van der Waals surface area (Å²) in [6.45, 7) is 2.24. The van der Waals surface area contributed by atoms with E-state index in [1.807, 2.05) is 0 Å². The van der Waals surface area contributed by atoms with Gasteiger partial charge in [-0.3, -0.25) is 5.32 Å². The number of hydrogen-bond donors (Lipinski definition) is 2. The average Bonchev–Trinajstić information content (AvgIpc) is 2.40. The number of nitrogens with zero attached hydrogens (tertiary/aromatic N) is 1. The van der Waals surface area contributed by atoms with Gasteiger partial charge in [-0.15, -0.1) is 0 Å². The number of urea groups is 1. The van der Waals surface area contributed by atoms with Gasteiger partial charge in [0.2, 0.25) is 0 Å². The van der Waals surface area contributed by atoms with Crippen LogP contribution in [-0.2, 0) is 4.74 Å². The van der Waals surface area contributed by atoms with Crippen LogP contribution in [0.25, 0.3) is 0 Å². The summed E-state index contributed by atoms with van der Waals surface area (Å²) < 4.78 is 5.26. The van der Waals surface area contributed by atoms with Gasteiger partial charge in [0.05, 0.1) is 5.02 Å². The van der Waals surface area contributed by atoms with E-state index in [1.165, 1.54) is 6.20 Å². The highest BCUT2D eigenvalue weighted by molar-refractivity contribution is 6.30. The topological polar surface area (TPSA) is 63.2 Å². The van der Waals surface area contributed by atoms with Crippen molar-refractivity contribution in [3.63, 3.8) is 0 Å². The Morgan fingerprint density at radius 2 is 2.22 bits per heavy atom. The van der Waals surface area contributed by atoms with E-state index in [0.29, 0.717) is 23.3 Å². The maximum Gasteiger partial charge on any atom is 0.320 e. The number of nitrogens with one attached hydrogen (secondary N) is 2. The molecule has 5 nitrogen and oxygen atoms in total. The summed E-state index contributed by atoms with van der Waals surface area (Å²) in [5, 5.41) is 6.04. The van der Waals surface area contributed by atoms with Gasteiger partial charge in [0.1, 0.15) is 5.82 Å². The molecule has 6 heteroatoms. The molecule has 2 rings (SSSR count). The van der Waals surface area contributed by atoms with Gasteiger partial charge in [-0.25, -0.2) is 9.78 Å². The molecule has 2 N–H and O–H groups in total. The molecular weight excluding hydrogens is 254 g/mol. The Labute approximate surface area is 111 Å². The number of carbonyl (C=O) groups is 1. The van der Waals surface area contributed by atoms with Crippen LogP contribution < -0.4 is 10.6 Å². The fraction of sp³-hybridized carbons (Fsp3) is 0.500. The molecule has 0 bridgehead atoms. The molecule has 1 fully saturated rings. The van der Waals surface area contributed by atoms with Crippen molar-refractivity contribution in [2.45, 2.75) is 12.8 Å². The van der Waals surface area contributed by atoms with E-state index < -0.39 is 0 Å². The first-order valence-corrected chi connectivity index (χ1v) is 6.36. The molecule has 0 atom stereocenters. The van der Waals surface area contributed by atoms with Crippen LogP contribution >= 0.6 is 11.6 Å². The first-order chi connectivity index (χ1) is 8.74. The molecule has 0 radical (unpaired) electrons. The predicted molar refractivity (Wildman–Crippen MR) is 69.8 cm³/mol. The van der Waals surface area contributed by atoms with Crippen molar-refractivity contribution in [2.75, 3.05) is 25.1 Å². The number of halogens is 1. The monoisotopic (exact) mass is 269 g/mol. The summed E-state index contributed by atoms with van der Waals surface area (Å²) in [5.41, 5.74) is 0. The summed E-state index contributed by atoms with van der Waals surface area (Å²) in [6.07, 6.45) is 3.49. The van der Waals surface area contributed by atoms with E-state index in [2.05, 4.69) is 15.6 Å². The summed E-state index contributed by atoms with van der Waals surface area (Å²) in [7, 11) is 0. The number of carbonyl (C=O) groups excluding carboxylic acids is 1. The van der Waals surface area contributed by atoms with E-state index in [1.54, 1.807) is 12.1 Å². The molecule has 0 spiro atoms. The van der Waals surface area contributed by atoms with E-state index in [-0.39, 0.29) is 6.03 Å². The highest BCUT2D eigenvalue weighted by Crippen LogP contribution is 2.13. The minimum Gasteiger partial charge on any atom is -0.381 e. The van der Waals surface area contributed by atoms with Crippen LogP contribution in [0.15, 0.2) is 18.3 Å². The zero-order valence-electron chi connectivity index (χ0n) is 9.99. The highest BCUT2D eigenvalue weighted by Gasteiger charge is 2.14. The lowest BCUT2D eigenvalue weighted by Crippen LogP contribution is -2.35. The minimum atomic E-state index is -0.240. The predicted octanol–water partition coefficient (Wildman–Crippen LogP) is 2.28. The zero-order chi connectivity index (χ0) is 12.8. The molecule has 0 unspecified atom stereocenters. The van der Waals surface area contributed by atoms with Gasteiger partial charge in [-0.2, -0.15) is 0 Å². The highest BCUT2D eigenvalue weighted by atomic mass is 35.5. The lowest BCUT2D eigenvalue weighted by Gasteiger charge is -2.22. The third-order valence-electron chi connectivity index (χ3n) is 2.86. The molecule has 0 saturated carbocycles. The first kappa shape index (κ1) is 13.1. The molecule has 1 saturated heterocycles. The maximum atomic E-state index is 11.6. The molecule has 2 amide bonds. The van der Waals surface area contributed by atoms with Crippen LogP contribution in [0.3, 0.4) is 0 Å². The summed E-state index contributed by atoms with van der Waals surface area (Å²) >= 11 is 5.71. The lowest BCUT2D eigenvalue weighted by molar-refractivity contribution is 0.0671. The van der Waals surface area contributed by atoms with Crippen molar-refractivity contribution in [1.29, 1.82) is 0 Å². The SMILES string of the molecule is O=C(NCC1CCOCC1)Nc1ccc(Cl)cn1. The molecule has 1 aromatic rings. The second-order valence-electron chi connectivity index (χ2n) is 4.25. The van der Waals surface area contributed by atoms with Crippen LogP contribution in [-0.4, -0.2) is 30.8 Å². The molecule has 0 aromatic carbocycles. The fourth-order valence-corrected chi connectivity index (χ4v) is 1.91. The minimum absolute atomic E-state index is 0.240. The molecule has 1 aromatic heterocycles. The molecule has 1 aliphatic heterocycles. The third kappa shape index (κ3) is 4.16. The number of rotatable bonds is 3. The maximum absolute atomic E-state index is 11.6. The van der Waals surface area contributed by atoms with Crippen LogP contribution in [0.1, 0.15) is 12.8 Å². The van der Waals surface area contributed by atoms with E-state index in [4.69, 9.17) is 16.3 Å². The van der Waals surface area contributed by atoms with E-state index >= 15 is 0 Å². The number of pyridine rings is 1. The number of ether oxygens (including phenoxy) is 1. The van der Waals surface area contributed by atoms with Crippen molar-refractivity contribution >= 4 is 23.4 Å². The standard InChI is InChI=1S/C12H16ClN3O2/c13-10-1-2-11(14-8-10)16-12(17)15-7-9-3-5-18-6-4-9/h1-2,8-9H,3-7H2,(H2,14,15,16,17). The summed E-state index contributed by atoms with van der Waals surface area (Å²) in [5.74, 6) is 0.992. The van der Waals surface area contributed by atoms with Gasteiger partial charge in [0, 0.05) is 26.0 Å². The average molecular weight is 270 g/mol. The summed E-state index contributed by atoms with van der Waals surface area (Å²) in [6, 6.07) is 3.11. The van der Waals surface area contributed by atoms with Crippen molar-refractivity contribution in [3.8, 4) is 0 Å². The van der Waals surface area contributed by atoms with Crippen molar-refractivity contribution in [3.05, 3.63) is 23.4 Å². The van der Waals surface area contributed by atoms with Crippen molar-refractivity contribution < 1.29 is 9.53 Å². The van der Waals surface area contributed by atoms with Crippen LogP contribution in [0.2, 0.25) is 5.02 Å². The Morgan fingerprint density at radius 1 is 1.44 bits per heavy atom. The zero-order valence-corrected chi connectivity index (χ0v) is 10.7. The third-order valence-corrected chi connectivity index (χ3v) is 3.08. The van der Waals surface area contributed by atoms with Gasteiger partial charge < -0.3 is 10.1 Å². The van der Waals surface area contributed by atoms with Crippen molar-refractivity contribution in [2.24, 2.45) is 5.92 Å². The molecule has 1 aliphatic rings. The number of aromatic nitrogens is 1. The second-order valence-corrected chi connectivity index (χ2v) is 4.69. The van der Waals surface area contributed by atoms with Crippen LogP contribution in [0.4, 0.5) is 10.6 Å². The van der Waals surface area contributed by atoms with Gasteiger partial charge >= 0.3 is 6.03 Å². The Bertz CT molecular complexity index is 391. The number of hydrogen-bond acceptors (Lipinski definition) is 3. The van der Waals surface area contributed by atoms with Gasteiger partial charge in [-0.1, -0.05) is 11.6 Å². The second kappa shape index (κ2) is 6.56. The van der Waals surface area contributed by atoms with Gasteiger partial charge in [0.25, 0.3) is 0 Å². The van der Waals surface area contributed by atoms with Crippen molar-refractivity contribution in [1.82, 2.24) is 10.3 Å². The quantitative estimate of drug-likeness (QED) is 0.885. The Hall–Kier alpha value is -1.33. The number of amides is 2. The molecular formula is C12H16ClN3O2. The van der Waals surface area contributed by atoms with E-state index in [9.17, 15) is 4.79 Å². The van der Waals surface area contributed by atoms with Crippen LogP contribution in [0, 0.1) is 5.92 Å². The largest absolute Gasteiger partial charge is 0.381 e. The molecule has 2 heterocycles. The fourth-order valence-electron chi connectivity index (χ4n) is 1.80. The number of anilines is 1. The van der Waals surface area contributed by atoms with Crippen LogP contribution in [0.5, 0.6) is 0 Å². The Balaban J connectivity index is 1.73.